The van der Waals surface area contributed by atoms with E-state index in [-0.39, 0.29) is 5.03 Å². The van der Waals surface area contributed by atoms with Gasteiger partial charge in [0.05, 0.1) is 11.2 Å². The average Bonchev–Trinajstić information content (AvgIpc) is 1.82. The summed E-state index contributed by atoms with van der Waals surface area (Å²) in [6.07, 6.45) is 3.07. The molecular weight excluding hydrogens is 204 g/mol. The molecule has 0 aliphatic rings. The van der Waals surface area contributed by atoms with Gasteiger partial charge in [-0.3, -0.25) is 14.8 Å². The Morgan fingerprint density at radius 3 is 2.42 bits per heavy atom. The van der Waals surface area contributed by atoms with Crippen LogP contribution in [-0.4, -0.2) is 25.9 Å². The molecule has 8 heteroatoms. The van der Waals surface area contributed by atoms with Crippen molar-refractivity contribution in [1.29, 1.82) is 0 Å². The van der Waals surface area contributed by atoms with Gasteiger partial charge in [-0.05, 0) is 6.26 Å². The molecular formula is C4H8N2O4S2. The van der Waals surface area contributed by atoms with Gasteiger partial charge in [0.25, 0.3) is 6.20 Å². The van der Waals surface area contributed by atoms with Gasteiger partial charge in [0.1, 0.15) is 0 Å². The minimum absolute atomic E-state index is 0.0116. The molecule has 0 saturated carbocycles. The highest BCUT2D eigenvalue weighted by atomic mass is 32.2. The van der Waals surface area contributed by atoms with Crippen LogP contribution in [-0.2, 0) is 10.0 Å². The van der Waals surface area contributed by atoms with Crippen molar-refractivity contribution in [2.45, 2.75) is 0 Å². The molecule has 0 unspecified atom stereocenters. The monoisotopic (exact) mass is 212 g/mol. The van der Waals surface area contributed by atoms with Gasteiger partial charge in [0.2, 0.25) is 10.0 Å². The third kappa shape index (κ3) is 5.98. The molecule has 6 nitrogen and oxygen atoms in total. The summed E-state index contributed by atoms with van der Waals surface area (Å²) in [4.78, 5) is 9.22. The second-order valence-corrected chi connectivity index (χ2v) is 4.45. The molecule has 0 saturated heterocycles. The van der Waals surface area contributed by atoms with E-state index < -0.39 is 14.9 Å². The Labute approximate surface area is 74.2 Å². The number of hydrogen-bond acceptors (Lipinski definition) is 5. The molecule has 0 rings (SSSR count). The van der Waals surface area contributed by atoms with Gasteiger partial charge in [0.15, 0.2) is 5.03 Å². The van der Waals surface area contributed by atoms with Gasteiger partial charge in [-0.2, -0.15) is 0 Å². The van der Waals surface area contributed by atoms with Gasteiger partial charge in [-0.1, -0.05) is 0 Å². The molecule has 0 aromatic rings. The van der Waals surface area contributed by atoms with Gasteiger partial charge < -0.3 is 0 Å². The van der Waals surface area contributed by atoms with Gasteiger partial charge >= 0.3 is 0 Å². The molecule has 0 bridgehead atoms. The van der Waals surface area contributed by atoms with Gasteiger partial charge in [-0.15, -0.1) is 11.8 Å². The lowest BCUT2D eigenvalue weighted by atomic mass is 10.9. The lowest BCUT2D eigenvalue weighted by Crippen LogP contribution is -2.20. The summed E-state index contributed by atoms with van der Waals surface area (Å²) >= 11 is 0.954. The summed E-state index contributed by atoms with van der Waals surface area (Å²) in [5.74, 6) is 0. The average molecular weight is 212 g/mol. The number of hydrogen-bond donors (Lipinski definition) is 1. The van der Waals surface area contributed by atoms with E-state index in [9.17, 15) is 18.5 Å². The van der Waals surface area contributed by atoms with E-state index in [1.807, 2.05) is 4.72 Å². The summed E-state index contributed by atoms with van der Waals surface area (Å²) in [5, 5.41) is 9.92. The predicted molar refractivity (Wildman–Crippen MR) is 46.6 cm³/mol. The molecule has 0 aromatic carbocycles. The van der Waals surface area contributed by atoms with Crippen LogP contribution in [0, 0.1) is 10.1 Å². The summed E-state index contributed by atoms with van der Waals surface area (Å²) < 4.78 is 23.2. The number of sulfonamides is 1. The van der Waals surface area contributed by atoms with E-state index >= 15 is 0 Å². The molecule has 12 heavy (non-hydrogen) atoms. The quantitative estimate of drug-likeness (QED) is 0.522. The zero-order chi connectivity index (χ0) is 9.78. The Balaban J connectivity index is 4.50. The molecule has 0 radical (unpaired) electrons. The predicted octanol–water partition coefficient (Wildman–Crippen LogP) is -0.0258. The number of nitrogens with zero attached hydrogens (tertiary/aromatic N) is 1. The van der Waals surface area contributed by atoms with Crippen LogP contribution in [0.3, 0.4) is 0 Å². The number of nitrogens with one attached hydrogen (secondary N) is 1. The summed E-state index contributed by atoms with van der Waals surface area (Å²) in [5.41, 5.74) is 0. The normalized spacial score (nSPS) is 12.7. The topological polar surface area (TPSA) is 89.3 Å². The molecule has 70 valence electrons. The van der Waals surface area contributed by atoms with Crippen molar-refractivity contribution in [3.63, 3.8) is 0 Å². The van der Waals surface area contributed by atoms with Crippen molar-refractivity contribution < 1.29 is 13.3 Å². The zero-order valence-electron chi connectivity index (χ0n) is 6.47. The third-order valence-corrected chi connectivity index (χ3v) is 2.10. The van der Waals surface area contributed by atoms with Crippen LogP contribution < -0.4 is 4.72 Å². The fraction of sp³-hybridized carbons (Fsp3) is 0.500. The van der Waals surface area contributed by atoms with Crippen molar-refractivity contribution in [2.75, 3.05) is 12.5 Å². The minimum atomic E-state index is -3.42. The molecule has 0 aliphatic carbocycles. The number of thioether (sulfide) groups is 1. The lowest BCUT2D eigenvalue weighted by Gasteiger charge is -2.01. The first-order chi connectivity index (χ1) is 5.35. The fourth-order valence-electron chi connectivity index (χ4n) is 0.399. The molecule has 0 fully saturated rings. The molecule has 0 amide bonds. The first kappa shape index (κ1) is 11.2. The Morgan fingerprint density at radius 2 is 2.17 bits per heavy atom. The molecule has 0 atom stereocenters. The second-order valence-electron chi connectivity index (χ2n) is 1.86. The maximum absolute atomic E-state index is 10.6. The van der Waals surface area contributed by atoms with Crippen LogP contribution >= 0.6 is 11.8 Å². The van der Waals surface area contributed by atoms with E-state index in [1.165, 1.54) is 6.26 Å². The second kappa shape index (κ2) is 4.31. The maximum atomic E-state index is 10.6. The van der Waals surface area contributed by atoms with Crippen molar-refractivity contribution in [3.05, 3.63) is 21.3 Å². The fourth-order valence-corrected chi connectivity index (χ4v) is 1.80. The third-order valence-electron chi connectivity index (χ3n) is 0.729. The Hall–Kier alpha value is -0.760. The van der Waals surface area contributed by atoms with E-state index in [2.05, 4.69) is 0 Å². The summed E-state index contributed by atoms with van der Waals surface area (Å²) in [7, 11) is -3.42. The van der Waals surface area contributed by atoms with E-state index in [1.54, 1.807) is 0 Å². The Morgan fingerprint density at radius 1 is 1.67 bits per heavy atom. The first-order valence-corrected chi connectivity index (χ1v) is 5.84. The minimum Gasteiger partial charge on any atom is -0.272 e. The van der Waals surface area contributed by atoms with Crippen molar-refractivity contribution in [3.8, 4) is 0 Å². The lowest BCUT2D eigenvalue weighted by molar-refractivity contribution is -0.403. The number of rotatable bonds is 4. The number of nitro groups is 1. The van der Waals surface area contributed by atoms with Crippen LogP contribution in [0.5, 0.6) is 0 Å². The SMILES string of the molecule is CS/C(=C\[N+](=O)[O-])NS(C)(=O)=O. The smallest absolute Gasteiger partial charge is 0.264 e. The van der Waals surface area contributed by atoms with Gasteiger partial charge in [0, 0.05) is 0 Å². The maximum Gasteiger partial charge on any atom is 0.264 e. The van der Waals surface area contributed by atoms with E-state index in [0.717, 1.165) is 18.0 Å². The molecule has 0 aromatic heterocycles. The van der Waals surface area contributed by atoms with Crippen LogP contribution in [0.2, 0.25) is 0 Å². The van der Waals surface area contributed by atoms with Crippen LogP contribution in [0.1, 0.15) is 0 Å². The van der Waals surface area contributed by atoms with E-state index in [0.29, 0.717) is 6.20 Å². The molecule has 1 N–H and O–H groups in total. The van der Waals surface area contributed by atoms with E-state index in [4.69, 9.17) is 0 Å². The molecule has 0 spiro atoms. The largest absolute Gasteiger partial charge is 0.272 e. The van der Waals surface area contributed by atoms with Crippen LogP contribution in [0.25, 0.3) is 0 Å². The highest BCUT2D eigenvalue weighted by Gasteiger charge is 2.06. The zero-order valence-corrected chi connectivity index (χ0v) is 8.11. The van der Waals surface area contributed by atoms with Crippen LogP contribution in [0.4, 0.5) is 0 Å². The molecule has 0 heterocycles. The van der Waals surface area contributed by atoms with Gasteiger partial charge in [-0.25, -0.2) is 8.42 Å². The van der Waals surface area contributed by atoms with Crippen molar-refractivity contribution in [1.82, 2.24) is 4.72 Å². The summed E-state index contributed by atoms with van der Waals surface area (Å²) in [6, 6.07) is 0. The molecule has 0 aliphatic heterocycles. The van der Waals surface area contributed by atoms with Crippen molar-refractivity contribution in [2.24, 2.45) is 0 Å². The Bertz CT molecular complexity index is 294. The van der Waals surface area contributed by atoms with Crippen LogP contribution in [0.15, 0.2) is 11.2 Å². The standard InChI is InChI=1S/C4H8N2O4S2/c1-11-4(3-6(7)8)5-12(2,9)10/h3,5H,1-2H3/b4-3-. The summed E-state index contributed by atoms with van der Waals surface area (Å²) in [6.45, 7) is 0. The highest BCUT2D eigenvalue weighted by molar-refractivity contribution is 8.03. The van der Waals surface area contributed by atoms with Crippen molar-refractivity contribution >= 4 is 21.8 Å². The highest BCUT2D eigenvalue weighted by Crippen LogP contribution is 2.07. The Kier molecular flexibility index (Phi) is 4.04. The first-order valence-electron chi connectivity index (χ1n) is 2.72.